The van der Waals surface area contributed by atoms with E-state index in [2.05, 4.69) is 19.2 Å². The molecule has 14 heavy (non-hydrogen) atoms. The first kappa shape index (κ1) is 12.1. The standard InChI is InChI=1S/C11H21NOS/c1-3-9(4-2)7-11(13)10-8-14-6-5-12-10/h9-10,12H,3-8H2,1-2H3. The van der Waals surface area contributed by atoms with Crippen molar-refractivity contribution in [1.29, 1.82) is 0 Å². The fourth-order valence-electron chi connectivity index (χ4n) is 1.78. The molecule has 0 aromatic rings. The highest BCUT2D eigenvalue weighted by Gasteiger charge is 2.22. The fraction of sp³-hybridized carbons (Fsp3) is 0.909. The van der Waals surface area contributed by atoms with Crippen LogP contribution in [0.25, 0.3) is 0 Å². The summed E-state index contributed by atoms with van der Waals surface area (Å²) in [5.74, 6) is 3.13. The van der Waals surface area contributed by atoms with E-state index in [1.807, 2.05) is 11.8 Å². The van der Waals surface area contributed by atoms with Crippen LogP contribution in [0.4, 0.5) is 0 Å². The monoisotopic (exact) mass is 215 g/mol. The van der Waals surface area contributed by atoms with E-state index in [1.165, 1.54) is 0 Å². The van der Waals surface area contributed by atoms with Gasteiger partial charge < -0.3 is 5.32 Å². The summed E-state index contributed by atoms with van der Waals surface area (Å²) < 4.78 is 0. The second-order valence-corrected chi connectivity index (χ2v) is 5.08. The Morgan fingerprint density at radius 3 is 2.71 bits per heavy atom. The third-order valence-electron chi connectivity index (χ3n) is 2.95. The molecule has 0 aliphatic carbocycles. The predicted molar refractivity (Wildman–Crippen MR) is 62.8 cm³/mol. The van der Waals surface area contributed by atoms with Gasteiger partial charge in [-0.1, -0.05) is 26.7 Å². The Morgan fingerprint density at radius 2 is 2.21 bits per heavy atom. The average molecular weight is 215 g/mol. The molecule has 0 radical (unpaired) electrons. The number of hydrogen-bond acceptors (Lipinski definition) is 3. The first-order chi connectivity index (χ1) is 6.77. The second-order valence-electron chi connectivity index (χ2n) is 3.93. The van der Waals surface area contributed by atoms with E-state index in [1.54, 1.807) is 0 Å². The highest BCUT2D eigenvalue weighted by Crippen LogP contribution is 2.16. The topological polar surface area (TPSA) is 29.1 Å². The van der Waals surface area contributed by atoms with Crippen molar-refractivity contribution in [2.75, 3.05) is 18.1 Å². The summed E-state index contributed by atoms with van der Waals surface area (Å²) in [6.45, 7) is 5.33. The van der Waals surface area contributed by atoms with Gasteiger partial charge in [-0.15, -0.1) is 0 Å². The zero-order valence-electron chi connectivity index (χ0n) is 9.21. The Kier molecular flexibility index (Phi) is 5.56. The highest BCUT2D eigenvalue weighted by atomic mass is 32.2. The summed E-state index contributed by atoms with van der Waals surface area (Å²) in [7, 11) is 0. The number of rotatable bonds is 5. The Bertz CT molecular complexity index is 174. The van der Waals surface area contributed by atoms with Crippen molar-refractivity contribution in [3.63, 3.8) is 0 Å². The Labute approximate surface area is 91.2 Å². The molecule has 1 saturated heterocycles. The normalized spacial score (nSPS) is 22.6. The van der Waals surface area contributed by atoms with Gasteiger partial charge in [0, 0.05) is 24.5 Å². The zero-order chi connectivity index (χ0) is 10.4. The van der Waals surface area contributed by atoms with Crippen LogP contribution in [0, 0.1) is 5.92 Å². The van der Waals surface area contributed by atoms with Crippen LogP contribution in [0.15, 0.2) is 0 Å². The van der Waals surface area contributed by atoms with Gasteiger partial charge in [0.2, 0.25) is 0 Å². The number of nitrogens with one attached hydrogen (secondary N) is 1. The number of Topliss-reactive ketones (excluding diaryl/α,β-unsaturated/α-hetero) is 1. The minimum Gasteiger partial charge on any atom is -0.306 e. The summed E-state index contributed by atoms with van der Waals surface area (Å²) in [4.78, 5) is 11.9. The average Bonchev–Trinajstić information content (AvgIpc) is 2.26. The van der Waals surface area contributed by atoms with Gasteiger partial charge in [0.15, 0.2) is 5.78 Å². The lowest BCUT2D eigenvalue weighted by Crippen LogP contribution is -2.43. The van der Waals surface area contributed by atoms with Crippen molar-refractivity contribution in [3.05, 3.63) is 0 Å². The second kappa shape index (κ2) is 6.46. The van der Waals surface area contributed by atoms with Gasteiger partial charge in [0.1, 0.15) is 0 Å². The largest absolute Gasteiger partial charge is 0.306 e. The number of thioether (sulfide) groups is 1. The molecule has 0 aromatic carbocycles. The van der Waals surface area contributed by atoms with Crippen LogP contribution in [0.2, 0.25) is 0 Å². The lowest BCUT2D eigenvalue weighted by atomic mass is 9.94. The van der Waals surface area contributed by atoms with E-state index in [9.17, 15) is 4.79 Å². The minimum absolute atomic E-state index is 0.134. The third-order valence-corrected chi connectivity index (χ3v) is 4.02. The third kappa shape index (κ3) is 3.62. The van der Waals surface area contributed by atoms with Crippen molar-refractivity contribution >= 4 is 17.5 Å². The maximum absolute atomic E-state index is 11.9. The summed E-state index contributed by atoms with van der Waals surface area (Å²) >= 11 is 1.89. The molecule has 0 aromatic heterocycles. The van der Waals surface area contributed by atoms with Crippen molar-refractivity contribution in [2.45, 2.75) is 39.2 Å². The molecule has 0 bridgehead atoms. The van der Waals surface area contributed by atoms with Crippen molar-refractivity contribution in [2.24, 2.45) is 5.92 Å². The van der Waals surface area contributed by atoms with Crippen LogP contribution in [-0.4, -0.2) is 29.9 Å². The molecule has 82 valence electrons. The molecule has 2 nitrogen and oxygen atoms in total. The van der Waals surface area contributed by atoms with E-state index in [-0.39, 0.29) is 6.04 Å². The molecule has 1 unspecified atom stereocenters. The van der Waals surface area contributed by atoms with Crippen LogP contribution in [0.5, 0.6) is 0 Å². The van der Waals surface area contributed by atoms with E-state index in [4.69, 9.17) is 0 Å². The summed E-state index contributed by atoms with van der Waals surface area (Å²) in [5, 5.41) is 3.30. The Balaban J connectivity index is 2.32. The molecule has 1 N–H and O–H groups in total. The molecular formula is C11H21NOS. The zero-order valence-corrected chi connectivity index (χ0v) is 10.0. The van der Waals surface area contributed by atoms with E-state index in [0.717, 1.165) is 37.3 Å². The van der Waals surface area contributed by atoms with Crippen LogP contribution in [0.1, 0.15) is 33.1 Å². The molecule has 1 fully saturated rings. The van der Waals surface area contributed by atoms with Crippen LogP contribution in [0.3, 0.4) is 0 Å². The Hall–Kier alpha value is -0.0200. The molecule has 0 amide bonds. The molecule has 0 saturated carbocycles. The van der Waals surface area contributed by atoms with Gasteiger partial charge in [-0.05, 0) is 5.92 Å². The van der Waals surface area contributed by atoms with Gasteiger partial charge in [-0.2, -0.15) is 11.8 Å². The summed E-state index contributed by atoms with van der Waals surface area (Å²) in [5.41, 5.74) is 0. The summed E-state index contributed by atoms with van der Waals surface area (Å²) in [6.07, 6.45) is 3.02. The fourth-order valence-corrected chi connectivity index (χ4v) is 2.74. The van der Waals surface area contributed by atoms with Crippen molar-refractivity contribution < 1.29 is 4.79 Å². The van der Waals surface area contributed by atoms with Crippen LogP contribution in [-0.2, 0) is 4.79 Å². The van der Waals surface area contributed by atoms with Gasteiger partial charge >= 0.3 is 0 Å². The number of hydrogen-bond donors (Lipinski definition) is 1. The molecular weight excluding hydrogens is 194 g/mol. The minimum atomic E-state index is 0.134. The smallest absolute Gasteiger partial charge is 0.150 e. The number of carbonyl (C=O) groups excluding carboxylic acids is 1. The molecule has 0 spiro atoms. The van der Waals surface area contributed by atoms with E-state index >= 15 is 0 Å². The van der Waals surface area contributed by atoms with Gasteiger partial charge in [-0.3, -0.25) is 4.79 Å². The highest BCUT2D eigenvalue weighted by molar-refractivity contribution is 7.99. The number of ketones is 1. The SMILES string of the molecule is CCC(CC)CC(=O)C1CSCCN1. The van der Waals surface area contributed by atoms with Gasteiger partial charge in [0.05, 0.1) is 6.04 Å². The van der Waals surface area contributed by atoms with E-state index in [0.29, 0.717) is 11.7 Å². The maximum Gasteiger partial charge on any atom is 0.150 e. The first-order valence-corrected chi connectivity index (χ1v) is 6.77. The predicted octanol–water partition coefficient (Wildman–Crippen LogP) is 2.09. The van der Waals surface area contributed by atoms with Gasteiger partial charge in [0.25, 0.3) is 0 Å². The lowest BCUT2D eigenvalue weighted by Gasteiger charge is -2.23. The molecule has 3 heteroatoms. The summed E-state index contributed by atoms with van der Waals surface area (Å²) in [6, 6.07) is 0.134. The van der Waals surface area contributed by atoms with E-state index < -0.39 is 0 Å². The molecule has 1 heterocycles. The van der Waals surface area contributed by atoms with Crippen molar-refractivity contribution in [1.82, 2.24) is 5.32 Å². The van der Waals surface area contributed by atoms with Gasteiger partial charge in [-0.25, -0.2) is 0 Å². The maximum atomic E-state index is 11.9. The lowest BCUT2D eigenvalue weighted by molar-refractivity contribution is -0.121. The molecule has 1 aliphatic rings. The molecule has 1 rings (SSSR count). The van der Waals surface area contributed by atoms with Crippen LogP contribution >= 0.6 is 11.8 Å². The molecule has 1 atom stereocenters. The quantitative estimate of drug-likeness (QED) is 0.761. The van der Waals surface area contributed by atoms with Crippen molar-refractivity contribution in [3.8, 4) is 0 Å². The molecule has 1 aliphatic heterocycles. The Morgan fingerprint density at radius 1 is 1.50 bits per heavy atom. The number of carbonyl (C=O) groups is 1. The first-order valence-electron chi connectivity index (χ1n) is 5.61. The van der Waals surface area contributed by atoms with Crippen LogP contribution < -0.4 is 5.32 Å².